The number of rotatable bonds is 3. The Morgan fingerprint density at radius 3 is 2.63 bits per heavy atom. The molecule has 3 aromatic rings. The summed E-state index contributed by atoms with van der Waals surface area (Å²) in [6, 6.07) is 12.1. The van der Waals surface area contributed by atoms with Crippen LogP contribution in [0, 0.1) is 5.82 Å². The van der Waals surface area contributed by atoms with E-state index in [1.54, 1.807) is 23.9 Å². The average Bonchev–Trinajstić information content (AvgIpc) is 2.95. The first-order valence-corrected chi connectivity index (χ1v) is 10.1. The van der Waals surface area contributed by atoms with Gasteiger partial charge in [-0.25, -0.2) is 4.39 Å². The molecule has 1 unspecified atom stereocenters. The Kier molecular flexibility index (Phi) is 4.97. The topological polar surface area (TPSA) is 50.9 Å². The third-order valence-corrected chi connectivity index (χ3v) is 6.52. The van der Waals surface area contributed by atoms with Gasteiger partial charge in [-0.2, -0.15) is 11.8 Å². The van der Waals surface area contributed by atoms with Crippen LogP contribution in [0.25, 0.3) is 22.5 Å². The highest BCUT2D eigenvalue weighted by Gasteiger charge is 2.31. The van der Waals surface area contributed by atoms with E-state index in [1.807, 2.05) is 25.1 Å². The second kappa shape index (κ2) is 7.26. The molecule has 0 saturated heterocycles. The zero-order chi connectivity index (χ0) is 19.0. The van der Waals surface area contributed by atoms with E-state index < -0.39 is 0 Å². The summed E-state index contributed by atoms with van der Waals surface area (Å²) in [5.74, 6) is 2.22. The average molecular weight is 404 g/mol. The van der Waals surface area contributed by atoms with E-state index >= 15 is 0 Å². The van der Waals surface area contributed by atoms with E-state index in [2.05, 4.69) is 14.8 Å². The molecule has 140 valence electrons. The monoisotopic (exact) mass is 403 g/mol. The fraction of sp³-hybridized carbons (Fsp3) is 0.300. The lowest BCUT2D eigenvalue weighted by Gasteiger charge is -2.23. The Morgan fingerprint density at radius 2 is 1.93 bits per heavy atom. The van der Waals surface area contributed by atoms with Crippen molar-refractivity contribution in [3.8, 4) is 22.5 Å². The quantitative estimate of drug-likeness (QED) is 0.702. The number of hydrogen-bond acceptors (Lipinski definition) is 4. The highest BCUT2D eigenvalue weighted by molar-refractivity contribution is 8.00. The Bertz CT molecular complexity index is 976. The van der Waals surface area contributed by atoms with Gasteiger partial charge in [-0.05, 0) is 42.3 Å². The van der Waals surface area contributed by atoms with E-state index in [1.165, 1.54) is 12.1 Å². The highest BCUT2D eigenvalue weighted by atomic mass is 35.5. The van der Waals surface area contributed by atoms with Gasteiger partial charge in [0.15, 0.2) is 5.82 Å². The molecule has 27 heavy (non-hydrogen) atoms. The summed E-state index contributed by atoms with van der Waals surface area (Å²) in [4.78, 5) is 0. The zero-order valence-electron chi connectivity index (χ0n) is 14.8. The van der Waals surface area contributed by atoms with Gasteiger partial charge in [-0.1, -0.05) is 29.8 Å². The Morgan fingerprint density at radius 1 is 1.19 bits per heavy atom. The van der Waals surface area contributed by atoms with Crippen LogP contribution in [0.4, 0.5) is 4.39 Å². The molecule has 1 aliphatic rings. The van der Waals surface area contributed by atoms with Gasteiger partial charge in [-0.15, -0.1) is 10.2 Å². The largest absolute Gasteiger partial charge is 0.395 e. The van der Waals surface area contributed by atoms with Crippen molar-refractivity contribution < 1.29 is 9.50 Å². The van der Waals surface area contributed by atoms with Crippen LogP contribution >= 0.6 is 23.4 Å². The standard InChI is InChI=1S/C20H19ClFN3OS/c1-20(12-26)11-18-23-24-19(25(18)8-9-27-20)16-7-4-14(10-17(16)21)13-2-5-15(22)6-3-13/h2-7,10,26H,8-9,11-12H2,1H3. The molecule has 0 saturated carbocycles. The van der Waals surface area contributed by atoms with Crippen LogP contribution in [0.15, 0.2) is 42.5 Å². The van der Waals surface area contributed by atoms with Crippen molar-refractivity contribution in [3.05, 3.63) is 59.1 Å². The Hall–Kier alpha value is -1.89. The molecule has 1 N–H and O–H groups in total. The van der Waals surface area contributed by atoms with Crippen molar-refractivity contribution in [2.75, 3.05) is 12.4 Å². The number of thioether (sulfide) groups is 1. The molecular formula is C20H19ClFN3OS. The smallest absolute Gasteiger partial charge is 0.165 e. The molecule has 0 aliphatic carbocycles. The molecule has 0 fully saturated rings. The number of fused-ring (bicyclic) bond motifs is 1. The van der Waals surface area contributed by atoms with Gasteiger partial charge in [0.1, 0.15) is 11.6 Å². The minimum atomic E-state index is -0.264. The first-order valence-electron chi connectivity index (χ1n) is 8.72. The van der Waals surface area contributed by atoms with Gasteiger partial charge >= 0.3 is 0 Å². The summed E-state index contributed by atoms with van der Waals surface area (Å²) in [7, 11) is 0. The van der Waals surface area contributed by atoms with Gasteiger partial charge in [0.25, 0.3) is 0 Å². The first-order chi connectivity index (χ1) is 13.0. The SMILES string of the molecule is CC1(CO)Cc2nnc(-c3ccc(-c4ccc(F)cc4)cc3Cl)n2CCS1. The summed E-state index contributed by atoms with van der Waals surface area (Å²) >= 11 is 8.32. The second-order valence-corrected chi connectivity index (χ2v) is 9.02. The number of hydrogen-bond donors (Lipinski definition) is 1. The normalized spacial score (nSPS) is 19.6. The molecule has 2 aromatic carbocycles. The molecule has 1 aliphatic heterocycles. The fourth-order valence-corrected chi connectivity index (χ4v) is 4.64. The van der Waals surface area contributed by atoms with Crippen LogP contribution in [0.1, 0.15) is 12.7 Å². The molecule has 4 rings (SSSR count). The van der Waals surface area contributed by atoms with Gasteiger partial charge in [0, 0.05) is 29.0 Å². The fourth-order valence-electron chi connectivity index (χ4n) is 3.29. The van der Waals surface area contributed by atoms with Crippen molar-refractivity contribution in [2.45, 2.75) is 24.6 Å². The molecule has 4 nitrogen and oxygen atoms in total. The van der Waals surface area contributed by atoms with Crippen molar-refractivity contribution in [3.63, 3.8) is 0 Å². The van der Waals surface area contributed by atoms with E-state index in [0.29, 0.717) is 11.4 Å². The molecular weight excluding hydrogens is 385 g/mol. The molecule has 1 aromatic heterocycles. The number of benzene rings is 2. The van der Waals surface area contributed by atoms with Crippen molar-refractivity contribution in [2.24, 2.45) is 0 Å². The van der Waals surface area contributed by atoms with E-state index in [9.17, 15) is 9.50 Å². The van der Waals surface area contributed by atoms with Crippen LogP contribution in [0.5, 0.6) is 0 Å². The predicted molar refractivity (Wildman–Crippen MR) is 108 cm³/mol. The summed E-state index contributed by atoms with van der Waals surface area (Å²) in [6.45, 7) is 2.92. The summed E-state index contributed by atoms with van der Waals surface area (Å²) in [5, 5.41) is 19.0. The molecule has 0 amide bonds. The Balaban J connectivity index is 1.70. The van der Waals surface area contributed by atoms with Crippen molar-refractivity contribution in [1.82, 2.24) is 14.8 Å². The molecule has 0 spiro atoms. The maximum atomic E-state index is 13.1. The lowest BCUT2D eigenvalue weighted by Crippen LogP contribution is -2.28. The molecule has 2 heterocycles. The van der Waals surface area contributed by atoms with Gasteiger partial charge in [0.05, 0.1) is 11.6 Å². The molecule has 0 radical (unpaired) electrons. The highest BCUT2D eigenvalue weighted by Crippen LogP contribution is 2.36. The zero-order valence-corrected chi connectivity index (χ0v) is 16.4. The van der Waals surface area contributed by atoms with Gasteiger partial charge < -0.3 is 9.67 Å². The minimum absolute atomic E-state index is 0.104. The van der Waals surface area contributed by atoms with Gasteiger partial charge in [-0.3, -0.25) is 0 Å². The number of aliphatic hydroxyl groups is 1. The van der Waals surface area contributed by atoms with Crippen LogP contribution in [0.3, 0.4) is 0 Å². The molecule has 1 atom stereocenters. The number of halogens is 2. The van der Waals surface area contributed by atoms with Crippen molar-refractivity contribution >= 4 is 23.4 Å². The summed E-state index contributed by atoms with van der Waals surface area (Å²) < 4.78 is 15.0. The van der Waals surface area contributed by atoms with E-state index in [-0.39, 0.29) is 17.2 Å². The maximum Gasteiger partial charge on any atom is 0.165 e. The lowest BCUT2D eigenvalue weighted by molar-refractivity contribution is 0.254. The third kappa shape index (κ3) is 3.61. The molecule has 0 bridgehead atoms. The Labute approximate surface area is 166 Å². The molecule has 7 heteroatoms. The van der Waals surface area contributed by atoms with Crippen LogP contribution in [-0.4, -0.2) is 37.0 Å². The predicted octanol–water partition coefficient (Wildman–Crippen LogP) is 4.44. The van der Waals surface area contributed by atoms with Crippen LogP contribution in [0.2, 0.25) is 5.02 Å². The number of aliphatic hydroxyl groups excluding tert-OH is 1. The third-order valence-electron chi connectivity index (χ3n) is 4.85. The maximum absolute atomic E-state index is 13.1. The lowest BCUT2D eigenvalue weighted by atomic mass is 10.0. The van der Waals surface area contributed by atoms with E-state index in [0.717, 1.165) is 40.6 Å². The second-order valence-electron chi connectivity index (χ2n) is 6.93. The number of nitrogens with zero attached hydrogens (tertiary/aromatic N) is 3. The van der Waals surface area contributed by atoms with Crippen LogP contribution < -0.4 is 0 Å². The minimum Gasteiger partial charge on any atom is -0.395 e. The van der Waals surface area contributed by atoms with Gasteiger partial charge in [0.2, 0.25) is 0 Å². The van der Waals surface area contributed by atoms with E-state index in [4.69, 9.17) is 11.6 Å². The summed E-state index contributed by atoms with van der Waals surface area (Å²) in [6.07, 6.45) is 0.659. The van der Waals surface area contributed by atoms with Crippen molar-refractivity contribution in [1.29, 1.82) is 0 Å². The first kappa shape index (κ1) is 18.5. The summed E-state index contributed by atoms with van der Waals surface area (Å²) in [5.41, 5.74) is 2.64. The van der Waals surface area contributed by atoms with Crippen LogP contribution in [-0.2, 0) is 13.0 Å². The number of aromatic nitrogens is 3.